The number of rotatable bonds is 7. The van der Waals surface area contributed by atoms with E-state index in [4.69, 9.17) is 0 Å². The molecule has 2 aromatic rings. The molecular formula is C20H24N2O2. The van der Waals surface area contributed by atoms with E-state index in [-0.39, 0.29) is 11.8 Å². The van der Waals surface area contributed by atoms with Gasteiger partial charge >= 0.3 is 0 Å². The third kappa shape index (κ3) is 5.54. The second kappa shape index (κ2) is 8.87. The average Bonchev–Trinajstić information content (AvgIpc) is 2.61. The molecule has 4 nitrogen and oxygen atoms in total. The molecule has 0 heterocycles. The van der Waals surface area contributed by atoms with E-state index in [0.717, 1.165) is 11.1 Å². The zero-order valence-electron chi connectivity index (χ0n) is 14.3. The summed E-state index contributed by atoms with van der Waals surface area (Å²) in [7, 11) is 3.56. The van der Waals surface area contributed by atoms with Crippen LogP contribution in [0, 0.1) is 0 Å². The second-order valence-electron chi connectivity index (χ2n) is 5.96. The highest BCUT2D eigenvalue weighted by Crippen LogP contribution is 2.04. The lowest BCUT2D eigenvalue weighted by molar-refractivity contribution is -0.132. The Morgan fingerprint density at radius 3 is 1.33 bits per heavy atom. The summed E-state index contributed by atoms with van der Waals surface area (Å²) in [5.41, 5.74) is 2.01. The molecule has 0 bridgehead atoms. The SMILES string of the molecule is CN(CCN(C)C(=O)Cc1ccccc1)C(=O)Cc1ccccc1. The van der Waals surface area contributed by atoms with Crippen molar-refractivity contribution in [2.24, 2.45) is 0 Å². The molecule has 4 heteroatoms. The monoisotopic (exact) mass is 324 g/mol. The Morgan fingerprint density at radius 1 is 0.667 bits per heavy atom. The third-order valence-corrected chi connectivity index (χ3v) is 4.02. The van der Waals surface area contributed by atoms with Crippen molar-refractivity contribution in [3.05, 3.63) is 71.8 Å². The van der Waals surface area contributed by atoms with Gasteiger partial charge in [-0.15, -0.1) is 0 Å². The average molecular weight is 324 g/mol. The van der Waals surface area contributed by atoms with Gasteiger partial charge in [0, 0.05) is 27.2 Å². The molecule has 126 valence electrons. The van der Waals surface area contributed by atoms with Crippen molar-refractivity contribution >= 4 is 11.8 Å². The molecule has 0 aromatic heterocycles. The van der Waals surface area contributed by atoms with Crippen molar-refractivity contribution in [2.75, 3.05) is 27.2 Å². The summed E-state index contributed by atoms with van der Waals surface area (Å²) in [4.78, 5) is 27.8. The van der Waals surface area contributed by atoms with Gasteiger partial charge in [0.05, 0.1) is 12.8 Å². The van der Waals surface area contributed by atoms with Gasteiger partial charge in [0.25, 0.3) is 0 Å². The Balaban J connectivity index is 1.77. The molecule has 0 saturated carbocycles. The lowest BCUT2D eigenvalue weighted by Crippen LogP contribution is -2.38. The number of likely N-dealkylation sites (N-methyl/N-ethyl adjacent to an activating group) is 2. The maximum atomic E-state index is 12.2. The van der Waals surface area contributed by atoms with E-state index in [1.165, 1.54) is 0 Å². The summed E-state index contributed by atoms with van der Waals surface area (Å²) >= 11 is 0. The zero-order chi connectivity index (χ0) is 17.4. The molecule has 0 aliphatic heterocycles. The van der Waals surface area contributed by atoms with Crippen molar-refractivity contribution in [2.45, 2.75) is 12.8 Å². The second-order valence-corrected chi connectivity index (χ2v) is 5.96. The van der Waals surface area contributed by atoms with Gasteiger partial charge in [-0.25, -0.2) is 0 Å². The van der Waals surface area contributed by atoms with Gasteiger partial charge in [0.1, 0.15) is 0 Å². The topological polar surface area (TPSA) is 40.6 Å². The molecular weight excluding hydrogens is 300 g/mol. The maximum Gasteiger partial charge on any atom is 0.226 e. The minimum atomic E-state index is 0.0603. The zero-order valence-corrected chi connectivity index (χ0v) is 14.3. The Morgan fingerprint density at radius 2 is 1.00 bits per heavy atom. The van der Waals surface area contributed by atoms with Crippen LogP contribution in [-0.4, -0.2) is 48.8 Å². The van der Waals surface area contributed by atoms with Crippen LogP contribution in [0.5, 0.6) is 0 Å². The van der Waals surface area contributed by atoms with E-state index in [9.17, 15) is 9.59 Å². The van der Waals surface area contributed by atoms with Crippen molar-refractivity contribution in [3.8, 4) is 0 Å². The van der Waals surface area contributed by atoms with Crippen LogP contribution < -0.4 is 0 Å². The molecule has 0 aliphatic rings. The van der Waals surface area contributed by atoms with Crippen LogP contribution in [0.2, 0.25) is 0 Å². The van der Waals surface area contributed by atoms with Gasteiger partial charge in [0.2, 0.25) is 11.8 Å². The van der Waals surface area contributed by atoms with E-state index in [1.807, 2.05) is 60.7 Å². The van der Waals surface area contributed by atoms with Crippen LogP contribution in [0.15, 0.2) is 60.7 Å². The normalized spacial score (nSPS) is 10.2. The fraction of sp³-hybridized carbons (Fsp3) is 0.300. The Hall–Kier alpha value is -2.62. The van der Waals surface area contributed by atoms with Crippen LogP contribution in [0.4, 0.5) is 0 Å². The van der Waals surface area contributed by atoms with E-state index in [2.05, 4.69) is 0 Å². The van der Waals surface area contributed by atoms with Crippen LogP contribution in [0.25, 0.3) is 0 Å². The first-order chi connectivity index (χ1) is 11.6. The van der Waals surface area contributed by atoms with Crippen molar-refractivity contribution in [1.82, 2.24) is 9.80 Å². The highest BCUT2D eigenvalue weighted by molar-refractivity contribution is 5.79. The lowest BCUT2D eigenvalue weighted by Gasteiger charge is -2.22. The van der Waals surface area contributed by atoms with Gasteiger partial charge in [-0.1, -0.05) is 60.7 Å². The minimum Gasteiger partial charge on any atom is -0.344 e. The molecule has 24 heavy (non-hydrogen) atoms. The minimum absolute atomic E-state index is 0.0603. The summed E-state index contributed by atoms with van der Waals surface area (Å²) in [5.74, 6) is 0.121. The first kappa shape index (κ1) is 17.7. The van der Waals surface area contributed by atoms with Crippen molar-refractivity contribution < 1.29 is 9.59 Å². The summed E-state index contributed by atoms with van der Waals surface area (Å²) in [6.07, 6.45) is 0.776. The van der Waals surface area contributed by atoms with Gasteiger partial charge in [0.15, 0.2) is 0 Å². The number of benzene rings is 2. The maximum absolute atomic E-state index is 12.2. The first-order valence-corrected chi connectivity index (χ1v) is 8.12. The smallest absolute Gasteiger partial charge is 0.226 e. The molecule has 2 rings (SSSR count). The van der Waals surface area contributed by atoms with E-state index >= 15 is 0 Å². The number of amides is 2. The Kier molecular flexibility index (Phi) is 6.55. The number of carbonyl (C=O) groups excluding carboxylic acids is 2. The Bertz CT molecular complexity index is 596. The quantitative estimate of drug-likeness (QED) is 0.785. The molecule has 2 aromatic carbocycles. The number of nitrogens with zero attached hydrogens (tertiary/aromatic N) is 2. The van der Waals surface area contributed by atoms with Crippen molar-refractivity contribution in [3.63, 3.8) is 0 Å². The standard InChI is InChI=1S/C20H24N2O2/c1-21(19(23)15-17-9-5-3-6-10-17)13-14-22(2)20(24)16-18-11-7-4-8-12-18/h3-12H,13-16H2,1-2H3. The molecule has 0 spiro atoms. The van der Waals surface area contributed by atoms with Crippen LogP contribution >= 0.6 is 0 Å². The molecule has 0 aliphatic carbocycles. The van der Waals surface area contributed by atoms with E-state index in [1.54, 1.807) is 23.9 Å². The van der Waals surface area contributed by atoms with Crippen LogP contribution in [-0.2, 0) is 22.4 Å². The summed E-state index contributed by atoms with van der Waals surface area (Å²) in [6.45, 7) is 1.06. The van der Waals surface area contributed by atoms with Gasteiger partial charge in [-0.3, -0.25) is 9.59 Å². The lowest BCUT2D eigenvalue weighted by atomic mass is 10.1. The molecule has 0 N–H and O–H groups in total. The predicted octanol–water partition coefficient (Wildman–Crippen LogP) is 2.39. The highest BCUT2D eigenvalue weighted by Gasteiger charge is 2.13. The summed E-state index contributed by atoms with van der Waals surface area (Å²) in [5, 5.41) is 0. The van der Waals surface area contributed by atoms with Gasteiger partial charge in [-0.2, -0.15) is 0 Å². The molecule has 0 unspecified atom stereocenters. The van der Waals surface area contributed by atoms with E-state index < -0.39 is 0 Å². The van der Waals surface area contributed by atoms with Crippen molar-refractivity contribution in [1.29, 1.82) is 0 Å². The predicted molar refractivity (Wildman–Crippen MR) is 95.6 cm³/mol. The first-order valence-electron chi connectivity index (χ1n) is 8.12. The highest BCUT2D eigenvalue weighted by atomic mass is 16.2. The summed E-state index contributed by atoms with van der Waals surface area (Å²) < 4.78 is 0. The molecule has 0 saturated heterocycles. The van der Waals surface area contributed by atoms with Gasteiger partial charge in [-0.05, 0) is 11.1 Å². The van der Waals surface area contributed by atoms with E-state index in [0.29, 0.717) is 25.9 Å². The third-order valence-electron chi connectivity index (χ3n) is 4.02. The molecule has 0 atom stereocenters. The number of hydrogen-bond acceptors (Lipinski definition) is 2. The molecule has 0 radical (unpaired) electrons. The number of hydrogen-bond donors (Lipinski definition) is 0. The number of carbonyl (C=O) groups is 2. The molecule has 2 amide bonds. The van der Waals surface area contributed by atoms with Gasteiger partial charge < -0.3 is 9.80 Å². The fourth-order valence-corrected chi connectivity index (χ4v) is 2.36. The van der Waals surface area contributed by atoms with Crippen LogP contribution in [0.3, 0.4) is 0 Å². The molecule has 0 fully saturated rings. The Labute approximate surface area is 143 Å². The van der Waals surface area contributed by atoms with Crippen LogP contribution in [0.1, 0.15) is 11.1 Å². The largest absolute Gasteiger partial charge is 0.344 e. The fourth-order valence-electron chi connectivity index (χ4n) is 2.36. The summed E-state index contributed by atoms with van der Waals surface area (Å²) in [6, 6.07) is 19.4.